The first-order chi connectivity index (χ1) is 8.25. The molecule has 5 nitrogen and oxygen atoms in total. The third kappa shape index (κ3) is 3.32. The van der Waals surface area contributed by atoms with Crippen molar-refractivity contribution in [3.05, 3.63) is 12.8 Å². The molecule has 0 saturated carbocycles. The zero-order valence-corrected chi connectivity index (χ0v) is 11.3. The van der Waals surface area contributed by atoms with E-state index in [1.807, 2.05) is 20.8 Å². The molecule has 0 aromatic heterocycles. The Kier molecular flexibility index (Phi) is 4.16. The highest BCUT2D eigenvalue weighted by molar-refractivity contribution is 5.72. The van der Waals surface area contributed by atoms with Gasteiger partial charge in [-0.2, -0.15) is 0 Å². The largest absolute Gasteiger partial charge is 0.469 e. The predicted octanol–water partition coefficient (Wildman–Crippen LogP) is 1.81. The minimum atomic E-state index is -0.572. The minimum absolute atomic E-state index is 0.147. The lowest BCUT2D eigenvalue weighted by Crippen LogP contribution is -2.30. The van der Waals surface area contributed by atoms with Gasteiger partial charge in [0.2, 0.25) is 0 Å². The molecule has 1 fully saturated rings. The van der Waals surface area contributed by atoms with E-state index in [1.165, 1.54) is 7.11 Å². The molecule has 0 aromatic carbocycles. The molecule has 0 aliphatic carbocycles. The molecule has 0 amide bonds. The van der Waals surface area contributed by atoms with E-state index >= 15 is 0 Å². The Bertz CT molecular complexity index is 360. The maximum absolute atomic E-state index is 11.4. The van der Waals surface area contributed by atoms with Crippen LogP contribution in [-0.2, 0) is 23.8 Å². The second-order valence-electron chi connectivity index (χ2n) is 5.39. The molecule has 18 heavy (non-hydrogen) atoms. The first kappa shape index (κ1) is 14.7. The molecule has 1 heterocycles. The normalized spacial score (nSPS) is 26.3. The van der Waals surface area contributed by atoms with Gasteiger partial charge in [0.05, 0.1) is 32.3 Å². The number of rotatable bonds is 6. The minimum Gasteiger partial charge on any atom is -0.469 e. The zero-order chi connectivity index (χ0) is 14.0. The topological polar surface area (TPSA) is 65.1 Å². The monoisotopic (exact) mass is 256 g/mol. The summed E-state index contributed by atoms with van der Waals surface area (Å²) in [6.07, 6.45) is 1.33. The van der Waals surface area contributed by atoms with Gasteiger partial charge in [-0.15, -0.1) is 0 Å². The van der Waals surface area contributed by atoms with E-state index in [9.17, 15) is 9.59 Å². The van der Waals surface area contributed by atoms with Crippen LogP contribution in [0.5, 0.6) is 0 Å². The highest BCUT2D eigenvalue weighted by atomic mass is 16.6. The summed E-state index contributed by atoms with van der Waals surface area (Å²) in [5.74, 6) is -0.671. The summed E-state index contributed by atoms with van der Waals surface area (Å²) in [5, 5.41) is 0. The summed E-state index contributed by atoms with van der Waals surface area (Å²) >= 11 is 0. The Morgan fingerprint density at radius 2 is 2.06 bits per heavy atom. The Morgan fingerprint density at radius 3 is 2.56 bits per heavy atom. The third-order valence-electron chi connectivity index (χ3n) is 3.13. The maximum Gasteiger partial charge on any atom is 0.313 e. The molecule has 0 radical (unpaired) electrons. The molecule has 1 aliphatic rings. The quantitative estimate of drug-likeness (QED) is 0.412. The molecule has 2 unspecified atom stereocenters. The molecular weight excluding hydrogens is 236 g/mol. The summed E-state index contributed by atoms with van der Waals surface area (Å²) in [6.45, 7) is 8.99. The summed E-state index contributed by atoms with van der Waals surface area (Å²) in [6, 6.07) is 0. The molecule has 0 bridgehead atoms. The van der Waals surface area contributed by atoms with Crippen LogP contribution < -0.4 is 0 Å². The van der Waals surface area contributed by atoms with E-state index in [2.05, 4.69) is 16.1 Å². The van der Waals surface area contributed by atoms with Crippen molar-refractivity contribution in [2.45, 2.75) is 45.3 Å². The lowest BCUT2D eigenvalue weighted by atomic mass is 9.79. The molecule has 2 atom stereocenters. The second kappa shape index (κ2) is 5.10. The van der Waals surface area contributed by atoms with Crippen LogP contribution in [-0.4, -0.2) is 30.8 Å². The number of carbonyl (C=O) groups is 2. The van der Waals surface area contributed by atoms with Crippen molar-refractivity contribution in [3.8, 4) is 0 Å². The van der Waals surface area contributed by atoms with Crippen LogP contribution in [0.3, 0.4) is 0 Å². The maximum atomic E-state index is 11.4. The van der Waals surface area contributed by atoms with Crippen molar-refractivity contribution >= 4 is 11.9 Å². The molecular formula is C13H20O5. The van der Waals surface area contributed by atoms with Gasteiger partial charge < -0.3 is 14.2 Å². The number of epoxide rings is 1. The van der Waals surface area contributed by atoms with Gasteiger partial charge in [0, 0.05) is 5.41 Å². The van der Waals surface area contributed by atoms with Gasteiger partial charge in [-0.3, -0.25) is 9.59 Å². The average Bonchev–Trinajstić information content (AvgIpc) is 2.90. The Morgan fingerprint density at radius 1 is 1.44 bits per heavy atom. The number of carbonyl (C=O) groups excluding carboxylic acids is 2. The van der Waals surface area contributed by atoms with E-state index in [4.69, 9.17) is 4.74 Å². The van der Waals surface area contributed by atoms with Crippen LogP contribution in [0, 0.1) is 5.41 Å². The van der Waals surface area contributed by atoms with Gasteiger partial charge in [-0.05, 0) is 6.92 Å². The molecule has 0 aromatic rings. The standard InChI is InChI=1S/C13H20O5/c1-6-17-10(15)8-13(4)11(18-13)12(2,3)7-9(14)16-5/h6,11H,1,7-8H2,2-5H3. The smallest absolute Gasteiger partial charge is 0.313 e. The van der Waals surface area contributed by atoms with Crippen LogP contribution in [0.2, 0.25) is 0 Å². The van der Waals surface area contributed by atoms with Gasteiger partial charge in [0.15, 0.2) is 0 Å². The molecule has 0 N–H and O–H groups in total. The van der Waals surface area contributed by atoms with Gasteiger partial charge in [-0.25, -0.2) is 0 Å². The average molecular weight is 256 g/mol. The van der Waals surface area contributed by atoms with Crippen molar-refractivity contribution < 1.29 is 23.8 Å². The van der Waals surface area contributed by atoms with Crippen molar-refractivity contribution in [2.75, 3.05) is 7.11 Å². The molecule has 1 rings (SSSR count). The fraction of sp³-hybridized carbons (Fsp3) is 0.692. The number of esters is 2. The van der Waals surface area contributed by atoms with E-state index in [0.29, 0.717) is 0 Å². The highest BCUT2D eigenvalue weighted by Gasteiger charge is 2.60. The Hall–Kier alpha value is -1.36. The number of hydrogen-bond donors (Lipinski definition) is 0. The van der Waals surface area contributed by atoms with Crippen LogP contribution in [0.15, 0.2) is 12.8 Å². The van der Waals surface area contributed by atoms with Gasteiger partial charge in [0.1, 0.15) is 5.60 Å². The summed E-state index contributed by atoms with van der Waals surface area (Å²) in [7, 11) is 1.35. The van der Waals surface area contributed by atoms with Crippen LogP contribution in [0.4, 0.5) is 0 Å². The fourth-order valence-corrected chi connectivity index (χ4v) is 2.31. The second-order valence-corrected chi connectivity index (χ2v) is 5.39. The van der Waals surface area contributed by atoms with Crippen LogP contribution in [0.25, 0.3) is 0 Å². The first-order valence-corrected chi connectivity index (χ1v) is 5.80. The van der Waals surface area contributed by atoms with E-state index in [1.54, 1.807) is 0 Å². The SMILES string of the molecule is C=COC(=O)CC1(C)OC1C(C)(C)CC(=O)OC. The van der Waals surface area contributed by atoms with Crippen molar-refractivity contribution in [3.63, 3.8) is 0 Å². The number of ether oxygens (including phenoxy) is 3. The summed E-state index contributed by atoms with van der Waals surface area (Å²) in [4.78, 5) is 22.7. The molecule has 5 heteroatoms. The Labute approximate surface area is 107 Å². The summed E-state index contributed by atoms with van der Waals surface area (Å²) in [5.41, 5.74) is -0.950. The lowest BCUT2D eigenvalue weighted by molar-refractivity contribution is -0.143. The third-order valence-corrected chi connectivity index (χ3v) is 3.13. The number of hydrogen-bond acceptors (Lipinski definition) is 5. The van der Waals surface area contributed by atoms with Crippen molar-refractivity contribution in [1.82, 2.24) is 0 Å². The molecule has 102 valence electrons. The zero-order valence-electron chi connectivity index (χ0n) is 11.3. The van der Waals surface area contributed by atoms with Crippen molar-refractivity contribution in [2.24, 2.45) is 5.41 Å². The van der Waals surface area contributed by atoms with Crippen molar-refractivity contribution in [1.29, 1.82) is 0 Å². The highest BCUT2D eigenvalue weighted by Crippen LogP contribution is 2.51. The van der Waals surface area contributed by atoms with Gasteiger partial charge in [0.25, 0.3) is 0 Å². The van der Waals surface area contributed by atoms with Gasteiger partial charge in [-0.1, -0.05) is 20.4 Å². The molecule has 0 spiro atoms. The molecule has 1 saturated heterocycles. The van der Waals surface area contributed by atoms with E-state index in [0.717, 1.165) is 6.26 Å². The lowest BCUT2D eigenvalue weighted by Gasteiger charge is -2.22. The predicted molar refractivity (Wildman–Crippen MR) is 64.6 cm³/mol. The fourth-order valence-electron chi connectivity index (χ4n) is 2.31. The van der Waals surface area contributed by atoms with E-state index < -0.39 is 5.60 Å². The first-order valence-electron chi connectivity index (χ1n) is 5.80. The molecule has 1 aliphatic heterocycles. The van der Waals surface area contributed by atoms with E-state index in [-0.39, 0.29) is 36.3 Å². The number of methoxy groups -OCH3 is 1. The Balaban J connectivity index is 2.58. The van der Waals surface area contributed by atoms with Crippen LogP contribution >= 0.6 is 0 Å². The van der Waals surface area contributed by atoms with Gasteiger partial charge >= 0.3 is 11.9 Å². The summed E-state index contributed by atoms with van der Waals surface area (Å²) < 4.78 is 14.9. The van der Waals surface area contributed by atoms with Crippen LogP contribution in [0.1, 0.15) is 33.6 Å².